The molecule has 12 heteroatoms. The van der Waals surface area contributed by atoms with E-state index in [2.05, 4.69) is 16.5 Å². The first-order valence-corrected chi connectivity index (χ1v) is 13.0. The van der Waals surface area contributed by atoms with Crippen LogP contribution in [0.5, 0.6) is 0 Å². The zero-order valence-corrected chi connectivity index (χ0v) is 21.9. The van der Waals surface area contributed by atoms with Crippen LogP contribution < -0.4 is 5.73 Å². The fourth-order valence-corrected chi connectivity index (χ4v) is 5.07. The van der Waals surface area contributed by atoms with Crippen LogP contribution in [-0.2, 0) is 17.4 Å². The molecule has 0 bridgehead atoms. The fourth-order valence-electron chi connectivity index (χ4n) is 5.07. The van der Waals surface area contributed by atoms with Gasteiger partial charge in [0.1, 0.15) is 23.7 Å². The summed E-state index contributed by atoms with van der Waals surface area (Å²) in [6.07, 6.45) is -0.409. The summed E-state index contributed by atoms with van der Waals surface area (Å²) < 4.78 is 54.9. The topological polar surface area (TPSA) is 107 Å². The number of rotatable bonds is 7. The van der Waals surface area contributed by atoms with Crippen molar-refractivity contribution in [3.8, 4) is 11.3 Å². The van der Waals surface area contributed by atoms with E-state index in [9.17, 15) is 27.2 Å². The van der Waals surface area contributed by atoms with E-state index in [0.717, 1.165) is 18.4 Å². The number of Topliss-reactive ketones (excluding diaryl/α,β-unsaturated/α-hetero) is 1. The average Bonchev–Trinajstić information content (AvgIpc) is 3.36. The van der Waals surface area contributed by atoms with E-state index in [4.69, 9.17) is 10.8 Å². The number of nitrogen functional groups attached to an aromatic ring is 1. The summed E-state index contributed by atoms with van der Waals surface area (Å²) in [5, 5.41) is 5.40. The number of amides is 1. The second-order valence-electron chi connectivity index (χ2n) is 9.85. The zero-order valence-electron chi connectivity index (χ0n) is 21.9. The minimum absolute atomic E-state index is 0.125. The van der Waals surface area contributed by atoms with Crippen molar-refractivity contribution in [2.75, 3.05) is 18.8 Å². The smallest absolute Gasteiger partial charge is 0.383 e. The van der Waals surface area contributed by atoms with Crippen LogP contribution in [0.4, 0.5) is 23.4 Å². The Bertz CT molecular complexity index is 1630. The molecule has 1 aliphatic heterocycles. The highest BCUT2D eigenvalue weighted by molar-refractivity contribution is 5.98. The number of benzene rings is 2. The maximum atomic E-state index is 14.1. The number of nitrogens with zero attached hydrogens (tertiary/aromatic N) is 5. The third-order valence-corrected chi connectivity index (χ3v) is 7.21. The van der Waals surface area contributed by atoms with E-state index >= 15 is 0 Å². The lowest BCUT2D eigenvalue weighted by Crippen LogP contribution is -2.40. The minimum atomic E-state index is -4.68. The van der Waals surface area contributed by atoms with Crippen LogP contribution in [0.3, 0.4) is 0 Å². The summed E-state index contributed by atoms with van der Waals surface area (Å²) in [6.45, 7) is 4.66. The summed E-state index contributed by atoms with van der Waals surface area (Å²) in [5.74, 6) is -1.60. The maximum Gasteiger partial charge on any atom is 0.416 e. The van der Waals surface area contributed by atoms with Crippen molar-refractivity contribution in [2.45, 2.75) is 37.9 Å². The van der Waals surface area contributed by atoms with E-state index < -0.39 is 28.9 Å². The van der Waals surface area contributed by atoms with Gasteiger partial charge in [-0.05, 0) is 49.1 Å². The third-order valence-electron chi connectivity index (χ3n) is 7.21. The molecule has 3 heterocycles. The number of anilines is 1. The van der Waals surface area contributed by atoms with Crippen molar-refractivity contribution in [2.24, 2.45) is 0 Å². The zero-order chi connectivity index (χ0) is 29.3. The van der Waals surface area contributed by atoms with Crippen LogP contribution in [-0.4, -0.2) is 49.4 Å². The number of hydrogen-bond donors (Lipinski definition) is 1. The summed E-state index contributed by atoms with van der Waals surface area (Å²) in [5.41, 5.74) is 7.11. The van der Waals surface area contributed by atoms with Gasteiger partial charge in [-0.15, -0.1) is 0 Å². The Hall–Kier alpha value is -4.61. The molecule has 1 aliphatic rings. The Morgan fingerprint density at radius 1 is 1.12 bits per heavy atom. The van der Waals surface area contributed by atoms with Crippen molar-refractivity contribution >= 4 is 28.5 Å². The van der Waals surface area contributed by atoms with Gasteiger partial charge in [0.25, 0.3) is 0 Å². The van der Waals surface area contributed by atoms with E-state index in [1.807, 2.05) is 0 Å². The average molecular weight is 567 g/mol. The summed E-state index contributed by atoms with van der Waals surface area (Å²) >= 11 is 0. The molecule has 1 fully saturated rings. The van der Waals surface area contributed by atoms with Gasteiger partial charge in [-0.3, -0.25) is 9.59 Å². The predicted octanol–water partition coefficient (Wildman–Crippen LogP) is 5.40. The first kappa shape index (κ1) is 27.9. The Kier molecular flexibility index (Phi) is 7.57. The predicted molar refractivity (Wildman–Crippen MR) is 144 cm³/mol. The maximum absolute atomic E-state index is 14.1. The molecule has 2 aromatic heterocycles. The molecule has 2 aromatic carbocycles. The summed E-state index contributed by atoms with van der Waals surface area (Å²) in [4.78, 5) is 35.0. The van der Waals surface area contributed by atoms with Gasteiger partial charge in [-0.1, -0.05) is 30.8 Å². The van der Waals surface area contributed by atoms with Gasteiger partial charge in [0.2, 0.25) is 5.91 Å². The van der Waals surface area contributed by atoms with E-state index in [1.165, 1.54) is 12.4 Å². The molecule has 1 saturated heterocycles. The number of likely N-dealkylation sites (tertiary alicyclic amines) is 1. The van der Waals surface area contributed by atoms with Crippen LogP contribution in [0.15, 0.2) is 61.4 Å². The Morgan fingerprint density at radius 2 is 1.88 bits per heavy atom. The Morgan fingerprint density at radius 3 is 2.59 bits per heavy atom. The highest BCUT2D eigenvalue weighted by atomic mass is 19.4. The number of aryl methyl sites for hydroxylation is 1. The van der Waals surface area contributed by atoms with Gasteiger partial charge >= 0.3 is 6.18 Å². The number of halogens is 4. The molecular formula is C29H26F4N6O2. The number of fused-ring (bicyclic) bond motifs is 1. The highest BCUT2D eigenvalue weighted by Crippen LogP contribution is 2.34. The normalized spacial score (nSPS) is 15.7. The molecular weight excluding hydrogens is 540 g/mol. The molecule has 0 aliphatic carbocycles. The number of carbonyl (C=O) groups is 2. The monoisotopic (exact) mass is 566 g/mol. The molecule has 8 nitrogen and oxygen atoms in total. The number of carbonyl (C=O) groups excluding carboxylic acids is 2. The number of ketones is 1. The number of piperidine rings is 1. The van der Waals surface area contributed by atoms with Crippen molar-refractivity contribution < 1.29 is 27.2 Å². The minimum Gasteiger partial charge on any atom is -0.383 e. The second-order valence-corrected chi connectivity index (χ2v) is 9.85. The Labute approximate surface area is 232 Å². The van der Waals surface area contributed by atoms with E-state index in [1.54, 1.807) is 33.8 Å². The lowest BCUT2D eigenvalue weighted by atomic mass is 9.99. The number of nitrogens with two attached hydrogens (primary N) is 1. The lowest BCUT2D eigenvalue weighted by Gasteiger charge is -2.32. The van der Waals surface area contributed by atoms with Crippen LogP contribution in [0.25, 0.3) is 22.3 Å². The van der Waals surface area contributed by atoms with Gasteiger partial charge in [0.05, 0.1) is 22.6 Å². The summed E-state index contributed by atoms with van der Waals surface area (Å²) in [7, 11) is 0. The highest BCUT2D eigenvalue weighted by Gasteiger charge is 2.32. The SMILES string of the molecule is C=CC(=O)N1CCCC(n2nc(-c3ccc(CCC(=O)c4cc(C(F)(F)F)ccc4F)cc3)c3c(N)ncnc32)C1. The van der Waals surface area contributed by atoms with Crippen LogP contribution in [0.1, 0.15) is 46.8 Å². The van der Waals surface area contributed by atoms with Crippen molar-refractivity contribution in [3.63, 3.8) is 0 Å². The van der Waals surface area contributed by atoms with Gasteiger partial charge in [-0.25, -0.2) is 19.0 Å². The molecule has 2 N–H and O–H groups in total. The quantitative estimate of drug-likeness (QED) is 0.182. The van der Waals surface area contributed by atoms with Crippen molar-refractivity contribution in [1.82, 2.24) is 24.6 Å². The molecule has 212 valence electrons. The number of aromatic nitrogens is 4. The standard InChI is InChI=1S/C29H26F4N6O2/c1-2-24(41)38-13-3-4-20(15-38)39-28-25(27(34)35-16-36-28)26(37-39)18-8-5-17(6-9-18)7-12-23(40)21-14-19(29(31,32)33)10-11-22(21)30/h2,5-6,8-11,14,16,20H,1,3-4,7,12-13,15H2,(H2,34,35,36). The largest absolute Gasteiger partial charge is 0.416 e. The van der Waals surface area contributed by atoms with E-state index in [-0.39, 0.29) is 30.6 Å². The lowest BCUT2D eigenvalue weighted by molar-refractivity contribution is -0.137. The summed E-state index contributed by atoms with van der Waals surface area (Å²) in [6, 6.07) is 8.80. The molecule has 4 aromatic rings. The molecule has 0 radical (unpaired) electrons. The second kappa shape index (κ2) is 11.1. The number of hydrogen-bond acceptors (Lipinski definition) is 6. The van der Waals surface area contributed by atoms with Gasteiger partial charge in [0.15, 0.2) is 11.4 Å². The molecule has 1 atom stereocenters. The molecule has 5 rings (SSSR count). The Balaban J connectivity index is 1.37. The first-order valence-electron chi connectivity index (χ1n) is 13.0. The third kappa shape index (κ3) is 5.67. The molecule has 1 unspecified atom stereocenters. The van der Waals surface area contributed by atoms with Crippen LogP contribution >= 0.6 is 0 Å². The molecule has 0 spiro atoms. The van der Waals surface area contributed by atoms with Gasteiger partial charge < -0.3 is 10.6 Å². The molecule has 0 saturated carbocycles. The van der Waals surface area contributed by atoms with Gasteiger partial charge in [-0.2, -0.15) is 18.3 Å². The number of alkyl halides is 3. The fraction of sp³-hybridized carbons (Fsp3) is 0.276. The van der Waals surface area contributed by atoms with Crippen LogP contribution in [0.2, 0.25) is 0 Å². The van der Waals surface area contributed by atoms with Gasteiger partial charge in [0, 0.05) is 25.1 Å². The van der Waals surface area contributed by atoms with Crippen LogP contribution in [0, 0.1) is 5.82 Å². The van der Waals surface area contributed by atoms with E-state index in [0.29, 0.717) is 53.6 Å². The van der Waals surface area contributed by atoms with Crippen molar-refractivity contribution in [3.05, 3.63) is 84.0 Å². The van der Waals surface area contributed by atoms with Crippen molar-refractivity contribution in [1.29, 1.82) is 0 Å². The molecule has 41 heavy (non-hydrogen) atoms. The first-order chi connectivity index (χ1) is 19.6. The molecule has 1 amide bonds.